The SMILES string of the molecule is CCC1=CCC(C)(C)C1. The summed E-state index contributed by atoms with van der Waals surface area (Å²) in [4.78, 5) is 0. The van der Waals surface area contributed by atoms with Gasteiger partial charge in [0.15, 0.2) is 0 Å². The van der Waals surface area contributed by atoms with Crippen molar-refractivity contribution in [2.45, 2.75) is 40.0 Å². The van der Waals surface area contributed by atoms with E-state index in [9.17, 15) is 0 Å². The molecule has 0 saturated heterocycles. The zero-order valence-electron chi connectivity index (χ0n) is 6.70. The quantitative estimate of drug-likeness (QED) is 0.471. The van der Waals surface area contributed by atoms with Crippen LogP contribution < -0.4 is 0 Å². The van der Waals surface area contributed by atoms with Gasteiger partial charge < -0.3 is 0 Å². The molecule has 0 aliphatic heterocycles. The molecule has 0 aromatic heterocycles. The standard InChI is InChI=1S/C9H16/c1-4-8-5-6-9(2,3)7-8/h5H,4,6-7H2,1-3H3. The van der Waals surface area contributed by atoms with Gasteiger partial charge in [0.05, 0.1) is 0 Å². The second-order valence-electron chi connectivity index (χ2n) is 3.76. The third kappa shape index (κ3) is 1.57. The smallest absolute Gasteiger partial charge is 0.0266 e. The summed E-state index contributed by atoms with van der Waals surface area (Å²) in [5, 5.41) is 0. The molecule has 0 bridgehead atoms. The molecule has 1 aliphatic rings. The predicted octanol–water partition coefficient (Wildman–Crippen LogP) is 3.14. The van der Waals surface area contributed by atoms with Crippen molar-refractivity contribution >= 4 is 0 Å². The molecule has 0 saturated carbocycles. The van der Waals surface area contributed by atoms with Crippen molar-refractivity contribution in [3.05, 3.63) is 11.6 Å². The van der Waals surface area contributed by atoms with Crippen LogP contribution in [0.25, 0.3) is 0 Å². The van der Waals surface area contributed by atoms with Crippen molar-refractivity contribution < 1.29 is 0 Å². The lowest BCUT2D eigenvalue weighted by molar-refractivity contribution is 0.392. The summed E-state index contributed by atoms with van der Waals surface area (Å²) < 4.78 is 0. The molecule has 0 atom stereocenters. The van der Waals surface area contributed by atoms with Gasteiger partial charge in [0.2, 0.25) is 0 Å². The van der Waals surface area contributed by atoms with Gasteiger partial charge in [-0.1, -0.05) is 32.4 Å². The first-order valence-corrected chi connectivity index (χ1v) is 3.82. The summed E-state index contributed by atoms with van der Waals surface area (Å²) in [5.74, 6) is 0. The van der Waals surface area contributed by atoms with Crippen LogP contribution in [0, 0.1) is 5.41 Å². The average Bonchev–Trinajstić information content (AvgIpc) is 2.10. The normalized spacial score (nSPS) is 24.1. The maximum Gasteiger partial charge on any atom is -0.0266 e. The van der Waals surface area contributed by atoms with Gasteiger partial charge in [0, 0.05) is 0 Å². The molecule has 0 fully saturated rings. The maximum absolute atomic E-state index is 2.40. The third-order valence-corrected chi connectivity index (χ3v) is 2.10. The van der Waals surface area contributed by atoms with E-state index in [2.05, 4.69) is 26.8 Å². The predicted molar refractivity (Wildman–Crippen MR) is 41.4 cm³/mol. The van der Waals surface area contributed by atoms with Crippen LogP contribution in [-0.4, -0.2) is 0 Å². The van der Waals surface area contributed by atoms with Crippen LogP contribution in [0.15, 0.2) is 11.6 Å². The molecule has 0 heterocycles. The van der Waals surface area contributed by atoms with Crippen molar-refractivity contribution in [2.75, 3.05) is 0 Å². The Morgan fingerprint density at radius 1 is 1.56 bits per heavy atom. The summed E-state index contributed by atoms with van der Waals surface area (Å²) in [6.07, 6.45) is 6.27. The summed E-state index contributed by atoms with van der Waals surface area (Å²) >= 11 is 0. The van der Waals surface area contributed by atoms with E-state index >= 15 is 0 Å². The first-order valence-electron chi connectivity index (χ1n) is 3.82. The maximum atomic E-state index is 2.40. The highest BCUT2D eigenvalue weighted by Gasteiger charge is 2.22. The summed E-state index contributed by atoms with van der Waals surface area (Å²) in [6, 6.07) is 0. The Bertz CT molecular complexity index is 129. The summed E-state index contributed by atoms with van der Waals surface area (Å²) in [7, 11) is 0. The van der Waals surface area contributed by atoms with Crippen molar-refractivity contribution in [3.63, 3.8) is 0 Å². The molecule has 1 aliphatic carbocycles. The highest BCUT2D eigenvalue weighted by Crippen LogP contribution is 2.37. The van der Waals surface area contributed by atoms with Crippen molar-refractivity contribution in [1.29, 1.82) is 0 Å². The van der Waals surface area contributed by atoms with E-state index in [-0.39, 0.29) is 0 Å². The van der Waals surface area contributed by atoms with E-state index in [0.29, 0.717) is 5.41 Å². The van der Waals surface area contributed by atoms with Gasteiger partial charge in [-0.15, -0.1) is 0 Å². The zero-order valence-corrected chi connectivity index (χ0v) is 6.70. The molecular formula is C9H16. The average molecular weight is 124 g/mol. The number of hydrogen-bond acceptors (Lipinski definition) is 0. The minimum absolute atomic E-state index is 0.575. The first kappa shape index (κ1) is 6.85. The molecule has 0 heteroatoms. The Hall–Kier alpha value is -0.260. The van der Waals surface area contributed by atoms with E-state index in [1.807, 2.05) is 0 Å². The lowest BCUT2D eigenvalue weighted by atomic mass is 9.89. The lowest BCUT2D eigenvalue weighted by Gasteiger charge is -2.16. The topological polar surface area (TPSA) is 0 Å². The van der Waals surface area contributed by atoms with Gasteiger partial charge in [-0.05, 0) is 24.7 Å². The molecule has 9 heavy (non-hydrogen) atoms. The fourth-order valence-corrected chi connectivity index (χ4v) is 1.45. The molecule has 0 spiro atoms. The lowest BCUT2D eigenvalue weighted by Crippen LogP contribution is -2.04. The van der Waals surface area contributed by atoms with Crippen LogP contribution in [0.5, 0.6) is 0 Å². The van der Waals surface area contributed by atoms with Gasteiger partial charge in [0.1, 0.15) is 0 Å². The molecule has 0 unspecified atom stereocenters. The van der Waals surface area contributed by atoms with Crippen LogP contribution in [0.3, 0.4) is 0 Å². The van der Waals surface area contributed by atoms with Gasteiger partial charge in [-0.25, -0.2) is 0 Å². The van der Waals surface area contributed by atoms with Gasteiger partial charge >= 0.3 is 0 Å². The highest BCUT2D eigenvalue weighted by atomic mass is 14.3. The van der Waals surface area contributed by atoms with E-state index < -0.39 is 0 Å². The van der Waals surface area contributed by atoms with Crippen LogP contribution >= 0.6 is 0 Å². The minimum Gasteiger partial charge on any atom is -0.0848 e. The Kier molecular flexibility index (Phi) is 1.65. The van der Waals surface area contributed by atoms with Crippen LogP contribution in [0.1, 0.15) is 40.0 Å². The second-order valence-corrected chi connectivity index (χ2v) is 3.76. The number of hydrogen-bond donors (Lipinski definition) is 0. The van der Waals surface area contributed by atoms with Crippen LogP contribution in [-0.2, 0) is 0 Å². The van der Waals surface area contributed by atoms with Crippen LogP contribution in [0.2, 0.25) is 0 Å². The Balaban J connectivity index is 2.50. The monoisotopic (exact) mass is 124 g/mol. The molecule has 0 aromatic rings. The zero-order chi connectivity index (χ0) is 6.91. The van der Waals surface area contributed by atoms with E-state index in [0.717, 1.165) is 0 Å². The molecule has 52 valence electrons. The molecule has 0 nitrogen and oxygen atoms in total. The fourth-order valence-electron chi connectivity index (χ4n) is 1.45. The largest absolute Gasteiger partial charge is 0.0848 e. The van der Waals surface area contributed by atoms with E-state index in [1.165, 1.54) is 19.3 Å². The van der Waals surface area contributed by atoms with E-state index in [1.54, 1.807) is 5.57 Å². The Morgan fingerprint density at radius 3 is 2.44 bits per heavy atom. The van der Waals surface area contributed by atoms with Crippen molar-refractivity contribution in [1.82, 2.24) is 0 Å². The van der Waals surface area contributed by atoms with Crippen LogP contribution in [0.4, 0.5) is 0 Å². The number of rotatable bonds is 1. The highest BCUT2D eigenvalue weighted by molar-refractivity contribution is 5.12. The second kappa shape index (κ2) is 2.17. The molecule has 0 aromatic carbocycles. The third-order valence-electron chi connectivity index (χ3n) is 2.10. The van der Waals surface area contributed by atoms with E-state index in [4.69, 9.17) is 0 Å². The fraction of sp³-hybridized carbons (Fsp3) is 0.778. The molecule has 0 amide bonds. The van der Waals surface area contributed by atoms with Gasteiger partial charge in [-0.3, -0.25) is 0 Å². The summed E-state index contributed by atoms with van der Waals surface area (Å²) in [5.41, 5.74) is 2.23. The molecule has 0 N–H and O–H groups in total. The van der Waals surface area contributed by atoms with Crippen molar-refractivity contribution in [2.24, 2.45) is 5.41 Å². The number of allylic oxidation sites excluding steroid dienone is 2. The molecule has 1 rings (SSSR count). The Labute approximate surface area is 58.0 Å². The molecule has 0 radical (unpaired) electrons. The summed E-state index contributed by atoms with van der Waals surface area (Å²) in [6.45, 7) is 6.92. The van der Waals surface area contributed by atoms with Gasteiger partial charge in [0.25, 0.3) is 0 Å². The molecular weight excluding hydrogens is 108 g/mol. The van der Waals surface area contributed by atoms with Gasteiger partial charge in [-0.2, -0.15) is 0 Å². The first-order chi connectivity index (χ1) is 4.14. The Morgan fingerprint density at radius 2 is 2.22 bits per heavy atom. The van der Waals surface area contributed by atoms with Crippen molar-refractivity contribution in [3.8, 4) is 0 Å². The minimum atomic E-state index is 0.575.